The predicted molar refractivity (Wildman–Crippen MR) is 209 cm³/mol. The van der Waals surface area contributed by atoms with Crippen LogP contribution in [0.1, 0.15) is 0 Å². The standard InChI is InChI=1S/C48H28/c1-3-12-36-29(8-1)16-19-34-28-35(23-24-37(34)36)45-39-14-5-6-15-40(39)48(47-38-13-4-2-9-30(38)20-27-43(45)47)42-26-22-33-18-17-31-10-7-11-32-21-25-41(42)46(33)44(31)32/h1-28H. The molecule has 11 rings (SSSR count). The van der Waals surface area contributed by atoms with Crippen LogP contribution in [0.2, 0.25) is 0 Å². The van der Waals surface area contributed by atoms with Crippen molar-refractivity contribution in [2.45, 2.75) is 0 Å². The van der Waals surface area contributed by atoms with Crippen LogP contribution in [-0.4, -0.2) is 0 Å². The molecule has 0 atom stereocenters. The van der Waals surface area contributed by atoms with Crippen molar-refractivity contribution < 1.29 is 0 Å². The van der Waals surface area contributed by atoms with Gasteiger partial charge in [0.2, 0.25) is 0 Å². The minimum Gasteiger partial charge on any atom is -0.0616 e. The maximum Gasteiger partial charge on any atom is -0.00139 e. The maximum atomic E-state index is 2.40. The molecule has 0 aromatic heterocycles. The number of benzene rings is 11. The second-order valence-electron chi connectivity index (χ2n) is 13.2. The van der Waals surface area contributed by atoms with Crippen LogP contribution in [0.5, 0.6) is 0 Å². The van der Waals surface area contributed by atoms with Gasteiger partial charge in [-0.15, -0.1) is 0 Å². The van der Waals surface area contributed by atoms with Gasteiger partial charge in [0, 0.05) is 0 Å². The van der Waals surface area contributed by atoms with E-state index in [1.54, 1.807) is 0 Å². The largest absolute Gasteiger partial charge is 0.0616 e. The Labute approximate surface area is 277 Å². The molecule has 0 saturated carbocycles. The number of fused-ring (bicyclic) bond motifs is 7. The van der Waals surface area contributed by atoms with Gasteiger partial charge in [-0.25, -0.2) is 0 Å². The molecular formula is C48H28. The van der Waals surface area contributed by atoms with E-state index < -0.39 is 0 Å². The van der Waals surface area contributed by atoms with Gasteiger partial charge in [0.05, 0.1) is 0 Å². The van der Waals surface area contributed by atoms with Crippen molar-refractivity contribution >= 4 is 86.2 Å². The van der Waals surface area contributed by atoms with Crippen molar-refractivity contribution in [3.63, 3.8) is 0 Å². The molecule has 0 bridgehead atoms. The lowest BCUT2D eigenvalue weighted by Gasteiger charge is -2.21. The fourth-order valence-corrected chi connectivity index (χ4v) is 8.66. The smallest absolute Gasteiger partial charge is 0.00139 e. The summed E-state index contributed by atoms with van der Waals surface area (Å²) in [5, 5.41) is 20.7. The fraction of sp³-hybridized carbons (Fsp3) is 0. The van der Waals surface area contributed by atoms with E-state index in [1.807, 2.05) is 0 Å². The molecule has 0 fully saturated rings. The van der Waals surface area contributed by atoms with Gasteiger partial charge >= 0.3 is 0 Å². The van der Waals surface area contributed by atoms with Crippen LogP contribution < -0.4 is 0 Å². The molecule has 0 heteroatoms. The van der Waals surface area contributed by atoms with Crippen LogP contribution in [0.4, 0.5) is 0 Å². The van der Waals surface area contributed by atoms with Crippen molar-refractivity contribution in [3.8, 4) is 22.3 Å². The Morgan fingerprint density at radius 1 is 0.229 bits per heavy atom. The summed E-state index contributed by atoms with van der Waals surface area (Å²) in [6.45, 7) is 0. The molecule has 0 aliphatic rings. The summed E-state index contributed by atoms with van der Waals surface area (Å²) in [5.41, 5.74) is 5.14. The highest BCUT2D eigenvalue weighted by Crippen LogP contribution is 2.49. The van der Waals surface area contributed by atoms with Gasteiger partial charge in [-0.1, -0.05) is 164 Å². The lowest BCUT2D eigenvalue weighted by Crippen LogP contribution is -1.94. The van der Waals surface area contributed by atoms with Crippen molar-refractivity contribution in [2.24, 2.45) is 0 Å². The third-order valence-corrected chi connectivity index (χ3v) is 10.7. The first-order valence-corrected chi connectivity index (χ1v) is 16.8. The number of rotatable bonds is 2. The summed E-state index contributed by atoms with van der Waals surface area (Å²) in [6.07, 6.45) is 0. The van der Waals surface area contributed by atoms with E-state index in [4.69, 9.17) is 0 Å². The first-order valence-electron chi connectivity index (χ1n) is 16.8. The summed E-state index contributed by atoms with van der Waals surface area (Å²) in [7, 11) is 0. The number of hydrogen-bond donors (Lipinski definition) is 0. The first-order chi connectivity index (χ1) is 23.8. The predicted octanol–water partition coefficient (Wildman–Crippen LogP) is 13.7. The van der Waals surface area contributed by atoms with Gasteiger partial charge < -0.3 is 0 Å². The molecule has 0 unspecified atom stereocenters. The fourth-order valence-electron chi connectivity index (χ4n) is 8.66. The van der Waals surface area contributed by atoms with E-state index in [-0.39, 0.29) is 0 Å². The molecule has 11 aromatic rings. The minimum atomic E-state index is 1.25. The van der Waals surface area contributed by atoms with Gasteiger partial charge in [0.25, 0.3) is 0 Å². The second kappa shape index (κ2) is 9.64. The third-order valence-electron chi connectivity index (χ3n) is 10.7. The van der Waals surface area contributed by atoms with Crippen LogP contribution in [0, 0.1) is 0 Å². The maximum absolute atomic E-state index is 2.40. The Kier molecular flexibility index (Phi) is 5.20. The highest BCUT2D eigenvalue weighted by Gasteiger charge is 2.21. The van der Waals surface area contributed by atoms with Gasteiger partial charge in [-0.2, -0.15) is 0 Å². The molecule has 0 saturated heterocycles. The van der Waals surface area contributed by atoms with E-state index in [0.29, 0.717) is 0 Å². The Balaban J connectivity index is 1.32. The van der Waals surface area contributed by atoms with E-state index in [0.717, 1.165) is 0 Å². The normalized spacial score (nSPS) is 12.2. The van der Waals surface area contributed by atoms with Crippen LogP contribution in [0.15, 0.2) is 170 Å². The SMILES string of the molecule is c1ccc2c(c1)ccc1cc(-c3c4ccccc4c(-c4ccc5ccc6cccc7ccc4c5c67)c4c3ccc3ccccc34)ccc12. The van der Waals surface area contributed by atoms with Gasteiger partial charge in [0.15, 0.2) is 0 Å². The van der Waals surface area contributed by atoms with Crippen molar-refractivity contribution in [1.29, 1.82) is 0 Å². The minimum absolute atomic E-state index is 1.25. The Morgan fingerprint density at radius 2 is 0.729 bits per heavy atom. The molecule has 0 heterocycles. The van der Waals surface area contributed by atoms with Crippen molar-refractivity contribution in [2.75, 3.05) is 0 Å². The molecule has 11 aromatic carbocycles. The van der Waals surface area contributed by atoms with Gasteiger partial charge in [0.1, 0.15) is 0 Å². The van der Waals surface area contributed by atoms with Gasteiger partial charge in [-0.3, -0.25) is 0 Å². The monoisotopic (exact) mass is 604 g/mol. The topological polar surface area (TPSA) is 0 Å². The van der Waals surface area contributed by atoms with Gasteiger partial charge in [-0.05, 0) is 114 Å². The Bertz CT molecular complexity index is 3090. The molecular weight excluding hydrogens is 577 g/mol. The van der Waals surface area contributed by atoms with E-state index in [9.17, 15) is 0 Å². The summed E-state index contributed by atoms with van der Waals surface area (Å²) in [6, 6.07) is 63.5. The zero-order valence-electron chi connectivity index (χ0n) is 26.2. The molecule has 0 aliphatic carbocycles. The molecule has 48 heavy (non-hydrogen) atoms. The second-order valence-corrected chi connectivity index (χ2v) is 13.2. The lowest BCUT2D eigenvalue weighted by molar-refractivity contribution is 1.70. The van der Waals surface area contributed by atoms with Crippen LogP contribution in [-0.2, 0) is 0 Å². The van der Waals surface area contributed by atoms with Crippen molar-refractivity contribution in [1.82, 2.24) is 0 Å². The quantitative estimate of drug-likeness (QED) is 0.136. The highest BCUT2D eigenvalue weighted by atomic mass is 14.2. The van der Waals surface area contributed by atoms with E-state index in [2.05, 4.69) is 170 Å². The molecule has 0 radical (unpaired) electrons. The van der Waals surface area contributed by atoms with Crippen LogP contribution >= 0.6 is 0 Å². The summed E-state index contributed by atoms with van der Waals surface area (Å²) in [5.74, 6) is 0. The van der Waals surface area contributed by atoms with Crippen LogP contribution in [0.3, 0.4) is 0 Å². The third kappa shape index (κ3) is 3.49. The average Bonchev–Trinajstić information content (AvgIpc) is 3.15. The Hall–Kier alpha value is -6.24. The van der Waals surface area contributed by atoms with Crippen LogP contribution in [0.25, 0.3) is 108 Å². The molecule has 0 nitrogen and oxygen atoms in total. The first kappa shape index (κ1) is 25.9. The number of hydrogen-bond acceptors (Lipinski definition) is 0. The van der Waals surface area contributed by atoms with E-state index in [1.165, 1.54) is 108 Å². The molecule has 220 valence electrons. The highest BCUT2D eigenvalue weighted by molar-refractivity contribution is 6.32. The molecule has 0 aliphatic heterocycles. The van der Waals surface area contributed by atoms with E-state index >= 15 is 0 Å². The summed E-state index contributed by atoms with van der Waals surface area (Å²) < 4.78 is 0. The molecule has 0 N–H and O–H groups in total. The lowest BCUT2D eigenvalue weighted by atomic mass is 9.81. The van der Waals surface area contributed by atoms with Crippen molar-refractivity contribution in [3.05, 3.63) is 170 Å². The molecule has 0 amide bonds. The average molecular weight is 605 g/mol. The summed E-state index contributed by atoms with van der Waals surface area (Å²) >= 11 is 0. The molecule has 0 spiro atoms. The summed E-state index contributed by atoms with van der Waals surface area (Å²) in [4.78, 5) is 0. The zero-order valence-corrected chi connectivity index (χ0v) is 26.2. The Morgan fingerprint density at radius 3 is 1.54 bits per heavy atom. The zero-order chi connectivity index (χ0) is 31.3.